The number of hydrogen-bond acceptors (Lipinski definition) is 3. The number of halogens is 2. The Morgan fingerprint density at radius 2 is 2.05 bits per heavy atom. The summed E-state index contributed by atoms with van der Waals surface area (Å²) in [5.41, 5.74) is 1.76. The number of nitro groups is 1. The molecule has 20 heavy (non-hydrogen) atoms. The fourth-order valence-electron chi connectivity index (χ4n) is 1.64. The molecule has 0 bridgehead atoms. The van der Waals surface area contributed by atoms with E-state index in [1.165, 1.54) is 12.1 Å². The highest BCUT2D eigenvalue weighted by Gasteiger charge is 2.11. The predicted octanol–water partition coefficient (Wildman–Crippen LogP) is 5.24. The molecule has 0 unspecified atom stereocenters. The molecular formula is C14H11BrClNO3. The molecule has 0 radical (unpaired) electrons. The molecule has 2 rings (SSSR count). The summed E-state index contributed by atoms with van der Waals surface area (Å²) >= 11 is 9.44. The average Bonchev–Trinajstić information content (AvgIpc) is 2.41. The minimum Gasteiger partial charge on any atom is -0.457 e. The number of non-ortho nitro benzene ring substituents is 1. The molecular weight excluding hydrogens is 346 g/mol. The molecule has 0 N–H and O–H groups in total. The normalized spacial score (nSPS) is 10.3. The molecule has 0 aliphatic heterocycles. The highest BCUT2D eigenvalue weighted by Crippen LogP contribution is 2.31. The Bertz CT molecular complexity index is 661. The maximum atomic E-state index is 10.8. The summed E-state index contributed by atoms with van der Waals surface area (Å²) in [5.74, 6) is 0.991. The standard InChI is InChI=1S/C14H11BrClNO3/c1-9-2-4-11(17(18)19)6-14(9)20-12-5-3-10(8-15)13(16)7-12/h2-7H,8H2,1H3. The quantitative estimate of drug-likeness (QED) is 0.427. The van der Waals surface area contributed by atoms with Gasteiger partial charge in [-0.2, -0.15) is 0 Å². The van der Waals surface area contributed by atoms with Crippen molar-refractivity contribution < 1.29 is 9.66 Å². The first-order valence-corrected chi connectivity index (χ1v) is 7.28. The zero-order valence-electron chi connectivity index (χ0n) is 10.6. The van der Waals surface area contributed by atoms with E-state index >= 15 is 0 Å². The third-order valence-corrected chi connectivity index (χ3v) is 3.73. The van der Waals surface area contributed by atoms with Gasteiger partial charge in [0.1, 0.15) is 11.5 Å². The summed E-state index contributed by atoms with van der Waals surface area (Å²) in [6.07, 6.45) is 0. The number of nitro benzene ring substituents is 1. The Hall–Kier alpha value is -1.59. The van der Waals surface area contributed by atoms with Crippen LogP contribution in [0.15, 0.2) is 36.4 Å². The third kappa shape index (κ3) is 3.29. The van der Waals surface area contributed by atoms with Gasteiger partial charge in [-0.05, 0) is 36.2 Å². The lowest BCUT2D eigenvalue weighted by Gasteiger charge is -2.10. The molecule has 0 amide bonds. The van der Waals surface area contributed by atoms with E-state index in [-0.39, 0.29) is 5.69 Å². The number of benzene rings is 2. The molecule has 0 saturated heterocycles. The SMILES string of the molecule is Cc1ccc([N+](=O)[O-])cc1Oc1ccc(CBr)c(Cl)c1. The van der Waals surface area contributed by atoms with E-state index in [9.17, 15) is 10.1 Å². The van der Waals surface area contributed by atoms with E-state index in [1.807, 2.05) is 13.0 Å². The van der Waals surface area contributed by atoms with Crippen molar-refractivity contribution >= 4 is 33.2 Å². The molecule has 0 fully saturated rings. The zero-order valence-corrected chi connectivity index (χ0v) is 12.9. The van der Waals surface area contributed by atoms with Crippen LogP contribution < -0.4 is 4.74 Å². The van der Waals surface area contributed by atoms with Gasteiger partial charge >= 0.3 is 0 Å². The minimum absolute atomic E-state index is 0.00576. The number of nitrogens with zero attached hydrogens (tertiary/aromatic N) is 1. The van der Waals surface area contributed by atoms with Gasteiger partial charge in [0.05, 0.1) is 11.0 Å². The number of alkyl halides is 1. The van der Waals surface area contributed by atoms with E-state index in [0.29, 0.717) is 21.9 Å². The van der Waals surface area contributed by atoms with Crippen molar-refractivity contribution in [3.8, 4) is 11.5 Å². The van der Waals surface area contributed by atoms with Crippen LogP contribution in [-0.2, 0) is 5.33 Å². The third-order valence-electron chi connectivity index (χ3n) is 2.78. The molecule has 0 saturated carbocycles. The molecule has 0 atom stereocenters. The highest BCUT2D eigenvalue weighted by molar-refractivity contribution is 9.08. The molecule has 2 aromatic rings. The lowest BCUT2D eigenvalue weighted by molar-refractivity contribution is -0.384. The molecule has 0 spiro atoms. The van der Waals surface area contributed by atoms with Crippen LogP contribution >= 0.6 is 27.5 Å². The average molecular weight is 357 g/mol. The van der Waals surface area contributed by atoms with Crippen LogP contribution in [0.4, 0.5) is 5.69 Å². The minimum atomic E-state index is -0.451. The number of ether oxygens (including phenoxy) is 1. The van der Waals surface area contributed by atoms with Gasteiger partial charge in [0.2, 0.25) is 0 Å². The van der Waals surface area contributed by atoms with Gasteiger partial charge in [-0.15, -0.1) is 0 Å². The molecule has 0 aromatic heterocycles. The molecule has 0 aliphatic carbocycles. The number of hydrogen-bond donors (Lipinski definition) is 0. The van der Waals surface area contributed by atoms with E-state index in [0.717, 1.165) is 11.1 Å². The van der Waals surface area contributed by atoms with Crippen LogP contribution in [0.2, 0.25) is 5.02 Å². The van der Waals surface area contributed by atoms with E-state index in [4.69, 9.17) is 16.3 Å². The Morgan fingerprint density at radius 1 is 1.30 bits per heavy atom. The van der Waals surface area contributed by atoms with Crippen LogP contribution in [0.25, 0.3) is 0 Å². The summed E-state index contributed by atoms with van der Waals surface area (Å²) in [5, 5.41) is 12.0. The Labute approximate surface area is 129 Å². The smallest absolute Gasteiger partial charge is 0.273 e. The zero-order chi connectivity index (χ0) is 14.7. The van der Waals surface area contributed by atoms with Crippen LogP contribution in [0.5, 0.6) is 11.5 Å². The lowest BCUT2D eigenvalue weighted by atomic mass is 10.2. The summed E-state index contributed by atoms with van der Waals surface area (Å²) in [7, 11) is 0. The van der Waals surface area contributed by atoms with Crippen molar-refractivity contribution in [3.63, 3.8) is 0 Å². The van der Waals surface area contributed by atoms with Crippen molar-refractivity contribution in [2.75, 3.05) is 0 Å². The Balaban J connectivity index is 2.32. The topological polar surface area (TPSA) is 52.4 Å². The van der Waals surface area contributed by atoms with Crippen molar-refractivity contribution in [1.29, 1.82) is 0 Å². The fourth-order valence-corrected chi connectivity index (χ4v) is 2.53. The molecule has 0 aliphatic rings. The molecule has 2 aromatic carbocycles. The monoisotopic (exact) mass is 355 g/mol. The van der Waals surface area contributed by atoms with E-state index in [1.54, 1.807) is 18.2 Å². The summed E-state index contributed by atoms with van der Waals surface area (Å²) in [6, 6.07) is 9.82. The Kier molecular flexibility index (Phi) is 4.62. The van der Waals surface area contributed by atoms with Crippen LogP contribution in [0.1, 0.15) is 11.1 Å². The van der Waals surface area contributed by atoms with Crippen molar-refractivity contribution in [2.24, 2.45) is 0 Å². The maximum absolute atomic E-state index is 10.8. The van der Waals surface area contributed by atoms with Crippen LogP contribution in [-0.4, -0.2) is 4.92 Å². The lowest BCUT2D eigenvalue weighted by Crippen LogP contribution is -1.92. The van der Waals surface area contributed by atoms with Gasteiger partial charge in [-0.3, -0.25) is 10.1 Å². The van der Waals surface area contributed by atoms with Gasteiger partial charge in [0, 0.05) is 16.4 Å². The van der Waals surface area contributed by atoms with Gasteiger partial charge in [-0.1, -0.05) is 33.6 Å². The van der Waals surface area contributed by atoms with E-state index < -0.39 is 4.92 Å². The largest absolute Gasteiger partial charge is 0.457 e. The summed E-state index contributed by atoms with van der Waals surface area (Å²) < 4.78 is 5.68. The number of rotatable bonds is 4. The van der Waals surface area contributed by atoms with E-state index in [2.05, 4.69) is 15.9 Å². The van der Waals surface area contributed by atoms with Crippen LogP contribution in [0.3, 0.4) is 0 Å². The van der Waals surface area contributed by atoms with Crippen molar-refractivity contribution in [3.05, 3.63) is 62.7 Å². The molecule has 104 valence electrons. The second kappa shape index (κ2) is 6.24. The first kappa shape index (κ1) is 14.8. The summed E-state index contributed by atoms with van der Waals surface area (Å²) in [6.45, 7) is 1.83. The Morgan fingerprint density at radius 3 is 2.65 bits per heavy atom. The number of aryl methyl sites for hydroxylation is 1. The highest BCUT2D eigenvalue weighted by atomic mass is 79.9. The first-order chi connectivity index (χ1) is 9.51. The second-order valence-electron chi connectivity index (χ2n) is 4.20. The predicted molar refractivity (Wildman–Crippen MR) is 82.0 cm³/mol. The van der Waals surface area contributed by atoms with Crippen molar-refractivity contribution in [1.82, 2.24) is 0 Å². The maximum Gasteiger partial charge on any atom is 0.273 e. The second-order valence-corrected chi connectivity index (χ2v) is 5.16. The van der Waals surface area contributed by atoms with Gasteiger partial charge in [-0.25, -0.2) is 0 Å². The van der Waals surface area contributed by atoms with Crippen LogP contribution in [0, 0.1) is 17.0 Å². The van der Waals surface area contributed by atoms with Gasteiger partial charge in [0.25, 0.3) is 5.69 Å². The van der Waals surface area contributed by atoms with Crippen molar-refractivity contribution in [2.45, 2.75) is 12.3 Å². The summed E-state index contributed by atoms with van der Waals surface area (Å²) in [4.78, 5) is 10.3. The van der Waals surface area contributed by atoms with Gasteiger partial charge < -0.3 is 4.74 Å². The fraction of sp³-hybridized carbons (Fsp3) is 0.143. The molecule has 4 nitrogen and oxygen atoms in total. The molecule has 0 heterocycles. The van der Waals surface area contributed by atoms with Gasteiger partial charge in [0.15, 0.2) is 0 Å². The molecule has 6 heteroatoms. The first-order valence-electron chi connectivity index (χ1n) is 5.78.